The quantitative estimate of drug-likeness (QED) is 0.353. The molecule has 0 aliphatic rings. The van der Waals surface area contributed by atoms with Gasteiger partial charge in [-0.3, -0.25) is 9.59 Å². The molecule has 168 valence electrons. The molecule has 9 nitrogen and oxygen atoms in total. The first-order valence-corrected chi connectivity index (χ1v) is 10.2. The highest BCUT2D eigenvalue weighted by molar-refractivity contribution is 6.03. The van der Waals surface area contributed by atoms with E-state index in [1.807, 2.05) is 30.3 Å². The zero-order valence-electron chi connectivity index (χ0n) is 18.3. The van der Waals surface area contributed by atoms with Crippen LogP contribution in [0.2, 0.25) is 0 Å². The van der Waals surface area contributed by atoms with Gasteiger partial charge in [0, 0.05) is 11.1 Å². The average Bonchev–Trinajstić information content (AvgIpc) is 2.86. The SMILES string of the molecule is COc1ccc(-n2nc(C(=O)N/N=C/c3c(O)ccc4ccccc34)c(C)c(C#N)c2=O)cc1. The Labute approximate surface area is 194 Å². The molecule has 0 aliphatic heterocycles. The van der Waals surface area contributed by atoms with Gasteiger partial charge in [-0.2, -0.15) is 20.1 Å². The van der Waals surface area contributed by atoms with E-state index in [-0.39, 0.29) is 22.6 Å². The number of aromatic hydroxyl groups is 1. The van der Waals surface area contributed by atoms with Gasteiger partial charge in [0.1, 0.15) is 23.1 Å². The molecule has 0 fully saturated rings. The fraction of sp³-hybridized carbons (Fsp3) is 0.0800. The van der Waals surface area contributed by atoms with Crippen LogP contribution < -0.4 is 15.7 Å². The fourth-order valence-corrected chi connectivity index (χ4v) is 3.48. The Morgan fingerprint density at radius 3 is 2.62 bits per heavy atom. The molecule has 0 aliphatic carbocycles. The number of benzene rings is 3. The number of hydrogen-bond acceptors (Lipinski definition) is 7. The maximum Gasteiger partial charge on any atom is 0.292 e. The highest BCUT2D eigenvalue weighted by Crippen LogP contribution is 2.25. The number of nitriles is 1. The van der Waals surface area contributed by atoms with Crippen LogP contribution in [0.25, 0.3) is 16.5 Å². The second-order valence-corrected chi connectivity index (χ2v) is 7.29. The molecule has 34 heavy (non-hydrogen) atoms. The lowest BCUT2D eigenvalue weighted by Gasteiger charge is -2.11. The van der Waals surface area contributed by atoms with Crippen LogP contribution in [0, 0.1) is 18.3 Å². The molecule has 3 aromatic carbocycles. The summed E-state index contributed by atoms with van der Waals surface area (Å²) < 4.78 is 6.11. The van der Waals surface area contributed by atoms with Gasteiger partial charge >= 0.3 is 0 Å². The fourth-order valence-electron chi connectivity index (χ4n) is 3.48. The van der Waals surface area contributed by atoms with Crippen molar-refractivity contribution in [3.05, 3.63) is 93.4 Å². The van der Waals surface area contributed by atoms with E-state index in [4.69, 9.17) is 4.74 Å². The first kappa shape index (κ1) is 22.2. The molecule has 1 aromatic heterocycles. The van der Waals surface area contributed by atoms with Crippen LogP contribution in [0.3, 0.4) is 0 Å². The molecule has 1 heterocycles. The summed E-state index contributed by atoms with van der Waals surface area (Å²) in [7, 11) is 1.51. The third kappa shape index (κ3) is 4.08. The number of aromatic nitrogens is 2. The summed E-state index contributed by atoms with van der Waals surface area (Å²) in [6.45, 7) is 1.47. The monoisotopic (exact) mass is 453 g/mol. The lowest BCUT2D eigenvalue weighted by atomic mass is 10.0. The second-order valence-electron chi connectivity index (χ2n) is 7.29. The number of amides is 1. The molecular weight excluding hydrogens is 434 g/mol. The molecular formula is C25H19N5O4. The molecule has 1 amide bonds. The second kappa shape index (κ2) is 9.26. The van der Waals surface area contributed by atoms with Crippen molar-refractivity contribution < 1.29 is 14.6 Å². The first-order valence-electron chi connectivity index (χ1n) is 10.2. The molecule has 0 atom stereocenters. The van der Waals surface area contributed by atoms with Crippen LogP contribution in [0.5, 0.6) is 11.5 Å². The molecule has 2 N–H and O–H groups in total. The van der Waals surface area contributed by atoms with Crippen molar-refractivity contribution in [2.75, 3.05) is 7.11 Å². The first-order chi connectivity index (χ1) is 16.4. The standard InChI is InChI=1S/C25H19N5O4/c1-15-20(13-26)25(33)30(17-8-10-18(34-2)11-9-17)29-23(15)24(32)28-27-14-21-19-6-4-3-5-16(19)7-12-22(21)31/h3-12,14,31H,1-2H3,(H,28,32)/b27-14+. The predicted octanol–water partition coefficient (Wildman–Crippen LogP) is 3.04. The Morgan fingerprint density at radius 1 is 1.18 bits per heavy atom. The van der Waals surface area contributed by atoms with Crippen molar-refractivity contribution >= 4 is 22.9 Å². The van der Waals surface area contributed by atoms with Crippen LogP contribution in [0.4, 0.5) is 0 Å². The van der Waals surface area contributed by atoms with Crippen LogP contribution in [-0.4, -0.2) is 34.1 Å². The minimum atomic E-state index is -0.716. The van der Waals surface area contributed by atoms with Gasteiger partial charge in [0.15, 0.2) is 5.69 Å². The predicted molar refractivity (Wildman–Crippen MR) is 127 cm³/mol. The number of carbonyl (C=O) groups is 1. The minimum absolute atomic E-state index is 0.00540. The van der Waals surface area contributed by atoms with Crippen molar-refractivity contribution in [1.82, 2.24) is 15.2 Å². The number of hydrogen-bond donors (Lipinski definition) is 2. The largest absolute Gasteiger partial charge is 0.507 e. The minimum Gasteiger partial charge on any atom is -0.507 e. The van der Waals surface area contributed by atoms with Crippen molar-refractivity contribution in [2.24, 2.45) is 5.10 Å². The Morgan fingerprint density at radius 2 is 1.91 bits per heavy atom. The number of phenols is 1. The number of methoxy groups -OCH3 is 1. The number of nitrogens with one attached hydrogen (secondary N) is 1. The molecule has 9 heteroatoms. The zero-order valence-corrected chi connectivity index (χ0v) is 18.3. The van der Waals surface area contributed by atoms with E-state index in [0.717, 1.165) is 15.5 Å². The van der Waals surface area contributed by atoms with E-state index in [9.17, 15) is 20.0 Å². The van der Waals surface area contributed by atoms with E-state index in [2.05, 4.69) is 15.6 Å². The van der Waals surface area contributed by atoms with Crippen LogP contribution >= 0.6 is 0 Å². The molecule has 0 saturated carbocycles. The molecule has 0 unspecified atom stereocenters. The van der Waals surface area contributed by atoms with Crippen molar-refractivity contribution in [3.8, 4) is 23.3 Å². The molecule has 4 rings (SSSR count). The number of hydrazone groups is 1. The van der Waals surface area contributed by atoms with E-state index < -0.39 is 11.5 Å². The van der Waals surface area contributed by atoms with E-state index in [1.165, 1.54) is 20.2 Å². The summed E-state index contributed by atoms with van der Waals surface area (Å²) in [5.74, 6) is -0.133. The number of carbonyl (C=O) groups excluding carboxylic acids is 1. The normalized spacial score (nSPS) is 10.9. The van der Waals surface area contributed by atoms with E-state index in [0.29, 0.717) is 17.0 Å². The van der Waals surface area contributed by atoms with Gasteiger partial charge in [-0.15, -0.1) is 0 Å². The number of fused-ring (bicyclic) bond motifs is 1. The molecule has 4 aromatic rings. The van der Waals surface area contributed by atoms with Gasteiger partial charge in [0.05, 0.1) is 19.0 Å². The van der Waals surface area contributed by atoms with Crippen molar-refractivity contribution in [2.45, 2.75) is 6.92 Å². The average molecular weight is 453 g/mol. The van der Waals surface area contributed by atoms with Gasteiger partial charge in [-0.25, -0.2) is 5.43 Å². The molecule has 0 bridgehead atoms. The third-order valence-electron chi connectivity index (χ3n) is 5.29. The van der Waals surface area contributed by atoms with Crippen LogP contribution in [0.15, 0.2) is 70.6 Å². The van der Waals surface area contributed by atoms with Crippen molar-refractivity contribution in [3.63, 3.8) is 0 Å². The molecule has 0 saturated heterocycles. The molecule has 0 spiro atoms. The van der Waals surface area contributed by atoms with Gasteiger partial charge in [0.25, 0.3) is 11.5 Å². The van der Waals surface area contributed by atoms with E-state index in [1.54, 1.807) is 36.4 Å². The van der Waals surface area contributed by atoms with Gasteiger partial charge < -0.3 is 9.84 Å². The summed E-state index contributed by atoms with van der Waals surface area (Å²) in [5.41, 5.74) is 2.31. The smallest absolute Gasteiger partial charge is 0.292 e. The lowest BCUT2D eigenvalue weighted by Crippen LogP contribution is -2.31. The lowest BCUT2D eigenvalue weighted by molar-refractivity contribution is 0.0947. The topological polar surface area (TPSA) is 130 Å². The third-order valence-corrected chi connectivity index (χ3v) is 5.29. The highest BCUT2D eigenvalue weighted by Gasteiger charge is 2.20. The van der Waals surface area contributed by atoms with Crippen LogP contribution in [0.1, 0.15) is 27.2 Å². The summed E-state index contributed by atoms with van der Waals surface area (Å²) in [4.78, 5) is 25.6. The summed E-state index contributed by atoms with van der Waals surface area (Å²) in [5, 5.41) is 29.5. The number of ether oxygens (including phenoxy) is 1. The maximum absolute atomic E-state index is 12.9. The maximum atomic E-state index is 12.9. The Hall–Kier alpha value is -4.97. The Balaban J connectivity index is 1.69. The molecule has 0 radical (unpaired) electrons. The number of rotatable bonds is 5. The van der Waals surface area contributed by atoms with Gasteiger partial charge in [-0.05, 0) is 48.0 Å². The number of phenolic OH excluding ortho intramolecular Hbond substituents is 1. The van der Waals surface area contributed by atoms with Gasteiger partial charge in [-0.1, -0.05) is 30.3 Å². The Bertz CT molecular complexity index is 1530. The highest BCUT2D eigenvalue weighted by atomic mass is 16.5. The zero-order chi connectivity index (χ0) is 24.2. The summed E-state index contributed by atoms with van der Waals surface area (Å²) in [6.07, 6.45) is 1.33. The number of nitrogens with zero attached hydrogens (tertiary/aromatic N) is 4. The summed E-state index contributed by atoms with van der Waals surface area (Å²) >= 11 is 0. The van der Waals surface area contributed by atoms with Crippen LogP contribution in [-0.2, 0) is 0 Å². The van der Waals surface area contributed by atoms with Gasteiger partial charge in [0.2, 0.25) is 0 Å². The summed E-state index contributed by atoms with van der Waals surface area (Å²) in [6, 6.07) is 19.0. The Kier molecular flexibility index (Phi) is 6.05. The van der Waals surface area contributed by atoms with E-state index >= 15 is 0 Å². The van der Waals surface area contributed by atoms with Crippen molar-refractivity contribution in [1.29, 1.82) is 5.26 Å².